The first kappa shape index (κ1) is 31.7. The fraction of sp³-hybridized carbons (Fsp3) is 0.211. The van der Waals surface area contributed by atoms with Crippen LogP contribution in [0.4, 0.5) is 22.7 Å². The van der Waals surface area contributed by atoms with E-state index in [1.165, 1.54) is 48.5 Å². The molecule has 8 nitrogen and oxygen atoms in total. The van der Waals surface area contributed by atoms with E-state index in [0.29, 0.717) is 5.92 Å². The van der Waals surface area contributed by atoms with Crippen LogP contribution in [-0.2, 0) is 0 Å². The van der Waals surface area contributed by atoms with Crippen molar-refractivity contribution in [1.82, 2.24) is 29.7 Å². The second-order valence-electron chi connectivity index (χ2n) is 12.9. The van der Waals surface area contributed by atoms with E-state index in [0.717, 1.165) is 63.1 Å². The fourth-order valence-electron chi connectivity index (χ4n) is 6.69. The Morgan fingerprint density at radius 3 is 1.94 bits per heavy atom. The second kappa shape index (κ2) is 13.4. The Morgan fingerprint density at radius 2 is 1.34 bits per heavy atom. The predicted molar refractivity (Wildman–Crippen MR) is 215 cm³/mol. The van der Waals surface area contributed by atoms with Crippen molar-refractivity contribution in [2.45, 2.75) is 12.3 Å². The minimum Gasteiger partial charge on any atom is -0.355 e. The third kappa shape index (κ3) is 6.39. The summed E-state index contributed by atoms with van der Waals surface area (Å²) >= 11 is 6.94. The van der Waals surface area contributed by atoms with Crippen LogP contribution in [0, 0.1) is 0 Å². The van der Waals surface area contributed by atoms with Crippen molar-refractivity contribution in [3.63, 3.8) is 0 Å². The molecule has 2 aliphatic heterocycles. The van der Waals surface area contributed by atoms with Crippen LogP contribution in [0.25, 0.3) is 46.4 Å². The lowest BCUT2D eigenvalue weighted by Gasteiger charge is -2.08. The SMILES string of the molecule is CN1CC=C(c2cc3c(Nc4ccc5scnc5c4)ccnc3s2)C1.CN1CCC(c2cc3c(Nc4ccc5scnc5c4)ccnc3s2)C1. The zero-order valence-electron chi connectivity index (χ0n) is 27.6. The molecule has 2 aliphatic rings. The van der Waals surface area contributed by atoms with E-state index in [4.69, 9.17) is 0 Å². The Balaban J connectivity index is 0.000000135. The molecule has 1 fully saturated rings. The summed E-state index contributed by atoms with van der Waals surface area (Å²) in [5.74, 6) is 0.642. The molecular formula is C38H34N8S4. The third-order valence-electron chi connectivity index (χ3n) is 9.31. The molecule has 1 atom stereocenters. The summed E-state index contributed by atoms with van der Waals surface area (Å²) in [4.78, 5) is 27.6. The summed E-state index contributed by atoms with van der Waals surface area (Å²) in [6, 6.07) is 21.4. The van der Waals surface area contributed by atoms with E-state index in [1.807, 2.05) is 40.8 Å². The van der Waals surface area contributed by atoms with Gasteiger partial charge in [0.05, 0.1) is 42.8 Å². The molecule has 6 aromatic heterocycles. The van der Waals surface area contributed by atoms with Gasteiger partial charge in [0.1, 0.15) is 9.66 Å². The van der Waals surface area contributed by atoms with Gasteiger partial charge in [0.2, 0.25) is 0 Å². The summed E-state index contributed by atoms with van der Waals surface area (Å²) in [5.41, 5.74) is 11.6. The van der Waals surface area contributed by atoms with Crippen molar-refractivity contribution in [3.05, 3.63) is 99.9 Å². The van der Waals surface area contributed by atoms with Gasteiger partial charge >= 0.3 is 0 Å². The van der Waals surface area contributed by atoms with Gasteiger partial charge in [0.25, 0.3) is 0 Å². The number of fused-ring (bicyclic) bond motifs is 4. The first-order valence-electron chi connectivity index (χ1n) is 16.6. The standard InChI is InChI=1S/C19H18N4S2.C19H16N4S2/c2*1-23-7-5-12(10-23)18-9-14-15(4-6-20-19(14)25-18)22-13-2-3-17-16(8-13)21-11-24-17/h2-4,6,8-9,11-12H,5,7,10H2,1H3,(H,20,22);2-6,8-9,11H,7,10H2,1H3,(H,20,22). The van der Waals surface area contributed by atoms with Gasteiger partial charge in [0, 0.05) is 69.8 Å². The Bertz CT molecular complexity index is 2510. The van der Waals surface area contributed by atoms with Crippen LogP contribution >= 0.6 is 45.3 Å². The summed E-state index contributed by atoms with van der Waals surface area (Å²) in [5, 5.41) is 9.50. The van der Waals surface area contributed by atoms with Gasteiger partial charge in [-0.05, 0) is 93.3 Å². The number of anilines is 4. The Hall–Kier alpha value is -4.30. The number of pyridine rings is 2. The number of nitrogens with zero attached hydrogens (tertiary/aromatic N) is 6. The van der Waals surface area contributed by atoms with E-state index < -0.39 is 0 Å². The smallest absolute Gasteiger partial charge is 0.125 e. The molecule has 1 unspecified atom stereocenters. The van der Waals surface area contributed by atoms with Gasteiger partial charge in [0.15, 0.2) is 0 Å². The van der Waals surface area contributed by atoms with E-state index in [9.17, 15) is 0 Å². The number of aromatic nitrogens is 4. The molecule has 0 saturated carbocycles. The van der Waals surface area contributed by atoms with Crippen LogP contribution in [0.3, 0.4) is 0 Å². The lowest BCUT2D eigenvalue weighted by Crippen LogP contribution is -2.13. The van der Waals surface area contributed by atoms with Gasteiger partial charge in [-0.3, -0.25) is 4.90 Å². The van der Waals surface area contributed by atoms with Crippen LogP contribution in [0.1, 0.15) is 22.1 Å². The van der Waals surface area contributed by atoms with Gasteiger partial charge in [-0.2, -0.15) is 0 Å². The Morgan fingerprint density at radius 1 is 0.700 bits per heavy atom. The number of thiazole rings is 2. The highest BCUT2D eigenvalue weighted by molar-refractivity contribution is 7.20. The number of likely N-dealkylation sites (tertiary alicyclic amines) is 1. The molecule has 0 amide bonds. The minimum atomic E-state index is 0.642. The van der Waals surface area contributed by atoms with Crippen molar-refractivity contribution in [3.8, 4) is 0 Å². The van der Waals surface area contributed by atoms with Crippen LogP contribution in [0.5, 0.6) is 0 Å². The van der Waals surface area contributed by atoms with E-state index >= 15 is 0 Å². The van der Waals surface area contributed by atoms with E-state index in [2.05, 4.69) is 115 Å². The first-order chi connectivity index (χ1) is 24.5. The monoisotopic (exact) mass is 730 g/mol. The molecule has 2 N–H and O–H groups in total. The second-order valence-corrected chi connectivity index (χ2v) is 16.8. The van der Waals surface area contributed by atoms with Gasteiger partial charge in [-0.25, -0.2) is 19.9 Å². The number of nitrogens with one attached hydrogen (secondary N) is 2. The van der Waals surface area contributed by atoms with Crippen molar-refractivity contribution >= 4 is 115 Å². The zero-order valence-corrected chi connectivity index (χ0v) is 30.9. The normalized spacial score (nSPS) is 16.8. The Labute approximate surface area is 305 Å². The maximum Gasteiger partial charge on any atom is 0.125 e. The van der Waals surface area contributed by atoms with E-state index in [-0.39, 0.29) is 0 Å². The molecule has 50 heavy (non-hydrogen) atoms. The van der Waals surface area contributed by atoms with Crippen molar-refractivity contribution < 1.29 is 0 Å². The number of benzene rings is 2. The van der Waals surface area contributed by atoms with Crippen LogP contribution in [0.2, 0.25) is 0 Å². The largest absolute Gasteiger partial charge is 0.355 e. The molecule has 2 aromatic carbocycles. The lowest BCUT2D eigenvalue weighted by molar-refractivity contribution is 0.412. The molecular weight excluding hydrogens is 697 g/mol. The minimum absolute atomic E-state index is 0.642. The molecule has 8 heterocycles. The predicted octanol–water partition coefficient (Wildman–Crippen LogP) is 10.0. The molecule has 1 saturated heterocycles. The zero-order chi connectivity index (χ0) is 33.6. The number of rotatable bonds is 6. The van der Waals surface area contributed by atoms with Crippen LogP contribution in [0.15, 0.2) is 90.2 Å². The summed E-state index contributed by atoms with van der Waals surface area (Å²) in [7, 11) is 4.35. The van der Waals surface area contributed by atoms with Crippen molar-refractivity contribution in [2.75, 3.05) is 50.9 Å². The molecule has 250 valence electrons. The number of hydrogen-bond donors (Lipinski definition) is 2. The summed E-state index contributed by atoms with van der Waals surface area (Å²) in [6.45, 7) is 4.37. The highest BCUT2D eigenvalue weighted by Crippen LogP contribution is 2.39. The lowest BCUT2D eigenvalue weighted by atomic mass is 10.1. The molecule has 0 spiro atoms. The molecule has 0 radical (unpaired) electrons. The fourth-order valence-corrected chi connectivity index (χ4v) is 10.2. The van der Waals surface area contributed by atoms with E-state index in [1.54, 1.807) is 34.0 Å². The number of likely N-dealkylation sites (N-methyl/N-ethyl adjacent to an activating group) is 2. The quantitative estimate of drug-likeness (QED) is 0.175. The van der Waals surface area contributed by atoms with Crippen LogP contribution < -0.4 is 10.6 Å². The molecule has 10 rings (SSSR count). The molecule has 0 aliphatic carbocycles. The average Bonchev–Trinajstić information content (AvgIpc) is 3.97. The Kier molecular flexibility index (Phi) is 8.51. The molecule has 0 bridgehead atoms. The van der Waals surface area contributed by atoms with Gasteiger partial charge < -0.3 is 15.5 Å². The summed E-state index contributed by atoms with van der Waals surface area (Å²) < 4.78 is 2.43. The highest BCUT2D eigenvalue weighted by atomic mass is 32.1. The number of thiophene rings is 2. The third-order valence-corrected chi connectivity index (χ3v) is 13.3. The summed E-state index contributed by atoms with van der Waals surface area (Å²) in [6.07, 6.45) is 7.33. The highest BCUT2D eigenvalue weighted by Gasteiger charge is 2.23. The maximum absolute atomic E-state index is 4.59. The van der Waals surface area contributed by atoms with Crippen molar-refractivity contribution in [2.24, 2.45) is 0 Å². The topological polar surface area (TPSA) is 82.1 Å². The van der Waals surface area contributed by atoms with Crippen LogP contribution in [-0.4, -0.2) is 70.0 Å². The first-order valence-corrected chi connectivity index (χ1v) is 20.0. The average molecular weight is 731 g/mol. The molecule has 12 heteroatoms. The van der Waals surface area contributed by atoms with Crippen molar-refractivity contribution in [1.29, 1.82) is 0 Å². The number of hydrogen-bond acceptors (Lipinski definition) is 12. The molecule has 8 aromatic rings. The maximum atomic E-state index is 4.59. The van der Waals surface area contributed by atoms with Gasteiger partial charge in [-0.1, -0.05) is 6.08 Å². The van der Waals surface area contributed by atoms with Gasteiger partial charge in [-0.15, -0.1) is 45.3 Å².